The number of carbonyl (C=O) groups is 1. The summed E-state index contributed by atoms with van der Waals surface area (Å²) in [5.74, 6) is -1.51. The van der Waals surface area contributed by atoms with Crippen molar-refractivity contribution in [3.8, 4) is 0 Å². The first kappa shape index (κ1) is 16.1. The van der Waals surface area contributed by atoms with Gasteiger partial charge in [-0.05, 0) is 24.1 Å². The highest BCUT2D eigenvalue weighted by Gasteiger charge is 2.44. The van der Waals surface area contributed by atoms with Gasteiger partial charge < -0.3 is 9.64 Å². The smallest absolute Gasteiger partial charge is 0.410 e. The number of ether oxygens (including phenoxy) is 1. The molecule has 0 bridgehead atoms. The lowest BCUT2D eigenvalue weighted by atomic mass is 10.1. The van der Waals surface area contributed by atoms with Crippen molar-refractivity contribution in [3.05, 3.63) is 39.9 Å². The molecular formula is C13H13F3N2O4. The molecule has 1 aromatic carbocycles. The van der Waals surface area contributed by atoms with Crippen LogP contribution in [0.3, 0.4) is 0 Å². The van der Waals surface area contributed by atoms with Crippen LogP contribution in [0.25, 0.3) is 0 Å². The third-order valence-corrected chi connectivity index (χ3v) is 3.42. The zero-order valence-electron chi connectivity index (χ0n) is 11.4. The number of nitrogens with zero attached hydrogens (tertiary/aromatic N) is 2. The molecule has 0 aliphatic carbocycles. The summed E-state index contributed by atoms with van der Waals surface area (Å²) in [7, 11) is 0. The quantitative estimate of drug-likeness (QED) is 0.634. The lowest BCUT2D eigenvalue weighted by molar-refractivity contribution is -0.384. The van der Waals surface area contributed by atoms with E-state index in [1.165, 1.54) is 24.3 Å². The molecule has 1 heterocycles. The Morgan fingerprint density at radius 2 is 2.00 bits per heavy atom. The second-order valence-corrected chi connectivity index (χ2v) is 4.95. The number of carbonyl (C=O) groups excluding carboxylic acids is 1. The molecule has 1 fully saturated rings. The van der Waals surface area contributed by atoms with E-state index in [4.69, 9.17) is 4.74 Å². The van der Waals surface area contributed by atoms with Crippen LogP contribution in [-0.4, -0.2) is 35.2 Å². The molecule has 2 rings (SSSR count). The van der Waals surface area contributed by atoms with E-state index < -0.39 is 29.7 Å². The van der Waals surface area contributed by atoms with Crippen LogP contribution >= 0.6 is 0 Å². The minimum absolute atomic E-state index is 0.00325. The van der Waals surface area contributed by atoms with Crippen molar-refractivity contribution in [1.29, 1.82) is 0 Å². The minimum Gasteiger partial charge on any atom is -0.445 e. The number of halogens is 3. The van der Waals surface area contributed by atoms with Crippen LogP contribution in [0, 0.1) is 16.0 Å². The highest BCUT2D eigenvalue weighted by molar-refractivity contribution is 5.68. The summed E-state index contributed by atoms with van der Waals surface area (Å²) >= 11 is 0. The van der Waals surface area contributed by atoms with Crippen molar-refractivity contribution in [2.75, 3.05) is 13.1 Å². The number of likely N-dealkylation sites (tertiary alicyclic amines) is 1. The van der Waals surface area contributed by atoms with E-state index >= 15 is 0 Å². The molecule has 1 aliphatic heterocycles. The lowest BCUT2D eigenvalue weighted by Gasteiger charge is -2.17. The Morgan fingerprint density at radius 3 is 2.50 bits per heavy atom. The predicted octanol–water partition coefficient (Wildman–Crippen LogP) is 3.12. The largest absolute Gasteiger partial charge is 0.445 e. The first-order valence-electron chi connectivity index (χ1n) is 6.49. The van der Waals surface area contributed by atoms with Gasteiger partial charge in [0.05, 0.1) is 10.8 Å². The van der Waals surface area contributed by atoms with Gasteiger partial charge in [-0.2, -0.15) is 13.2 Å². The maximum Gasteiger partial charge on any atom is 0.410 e. The number of nitro groups is 1. The van der Waals surface area contributed by atoms with Gasteiger partial charge in [0, 0.05) is 25.2 Å². The molecule has 1 aliphatic rings. The molecule has 0 N–H and O–H groups in total. The first-order chi connectivity index (χ1) is 10.3. The summed E-state index contributed by atoms with van der Waals surface area (Å²) in [6, 6.07) is 5.37. The molecule has 1 aromatic rings. The number of alkyl halides is 3. The molecule has 22 heavy (non-hydrogen) atoms. The van der Waals surface area contributed by atoms with E-state index in [-0.39, 0.29) is 25.3 Å². The van der Waals surface area contributed by atoms with Crippen LogP contribution in [-0.2, 0) is 11.3 Å². The van der Waals surface area contributed by atoms with Crippen LogP contribution in [0.15, 0.2) is 24.3 Å². The Kier molecular flexibility index (Phi) is 4.53. The third-order valence-electron chi connectivity index (χ3n) is 3.42. The zero-order chi connectivity index (χ0) is 16.3. The molecular weight excluding hydrogens is 305 g/mol. The van der Waals surface area contributed by atoms with Gasteiger partial charge in [-0.1, -0.05) is 0 Å². The second kappa shape index (κ2) is 6.20. The number of nitro benzene ring substituents is 1. The van der Waals surface area contributed by atoms with Gasteiger partial charge >= 0.3 is 12.3 Å². The Balaban J connectivity index is 1.84. The highest BCUT2D eigenvalue weighted by Crippen LogP contribution is 2.33. The number of benzene rings is 1. The van der Waals surface area contributed by atoms with Gasteiger partial charge in [-0.15, -0.1) is 0 Å². The minimum atomic E-state index is -4.31. The van der Waals surface area contributed by atoms with Gasteiger partial charge in [-0.3, -0.25) is 10.1 Å². The maximum absolute atomic E-state index is 12.5. The monoisotopic (exact) mass is 318 g/mol. The Bertz CT molecular complexity index is 559. The molecule has 1 atom stereocenters. The molecule has 9 heteroatoms. The van der Waals surface area contributed by atoms with E-state index in [1.807, 2.05) is 0 Å². The van der Waals surface area contributed by atoms with E-state index in [9.17, 15) is 28.1 Å². The molecule has 6 nitrogen and oxygen atoms in total. The number of hydrogen-bond acceptors (Lipinski definition) is 4. The molecule has 1 unspecified atom stereocenters. The second-order valence-electron chi connectivity index (χ2n) is 4.95. The van der Waals surface area contributed by atoms with Crippen molar-refractivity contribution in [3.63, 3.8) is 0 Å². The van der Waals surface area contributed by atoms with Crippen molar-refractivity contribution in [1.82, 2.24) is 4.90 Å². The van der Waals surface area contributed by atoms with Gasteiger partial charge in [0.15, 0.2) is 0 Å². The summed E-state index contributed by atoms with van der Waals surface area (Å²) < 4.78 is 42.5. The molecule has 0 aromatic heterocycles. The van der Waals surface area contributed by atoms with Crippen molar-refractivity contribution in [2.24, 2.45) is 5.92 Å². The standard InChI is InChI=1S/C13H13F3N2O4/c14-13(15,16)10-5-6-17(7-10)12(19)22-8-9-1-3-11(4-2-9)18(20)21/h1-4,10H,5-8H2. The Hall–Kier alpha value is -2.32. The fraction of sp³-hybridized carbons (Fsp3) is 0.462. The maximum atomic E-state index is 12.5. The molecule has 1 saturated heterocycles. The molecule has 0 radical (unpaired) electrons. The average molecular weight is 318 g/mol. The molecule has 0 saturated carbocycles. The van der Waals surface area contributed by atoms with E-state index in [1.54, 1.807) is 0 Å². The van der Waals surface area contributed by atoms with Gasteiger partial charge in [0.2, 0.25) is 0 Å². The molecule has 1 amide bonds. The van der Waals surface area contributed by atoms with Crippen molar-refractivity contribution >= 4 is 11.8 Å². The van der Waals surface area contributed by atoms with Crippen molar-refractivity contribution in [2.45, 2.75) is 19.2 Å². The van der Waals surface area contributed by atoms with Crippen molar-refractivity contribution < 1.29 is 27.6 Å². The van der Waals surface area contributed by atoms with E-state index in [2.05, 4.69) is 0 Å². The number of rotatable bonds is 3. The Labute approximate surface area is 123 Å². The molecule has 120 valence electrons. The number of amides is 1. The fourth-order valence-electron chi connectivity index (χ4n) is 2.14. The van der Waals surface area contributed by atoms with Gasteiger partial charge in [0.1, 0.15) is 6.61 Å². The Morgan fingerprint density at radius 1 is 1.36 bits per heavy atom. The average Bonchev–Trinajstić information content (AvgIpc) is 2.95. The van der Waals surface area contributed by atoms with Crippen LogP contribution in [0.5, 0.6) is 0 Å². The third kappa shape index (κ3) is 3.86. The van der Waals surface area contributed by atoms with Crippen LogP contribution in [0.2, 0.25) is 0 Å². The van der Waals surface area contributed by atoms with Crippen LogP contribution in [0.4, 0.5) is 23.7 Å². The van der Waals surface area contributed by atoms with Gasteiger partial charge in [0.25, 0.3) is 5.69 Å². The van der Waals surface area contributed by atoms with E-state index in [0.29, 0.717) is 5.56 Å². The topological polar surface area (TPSA) is 72.7 Å². The van der Waals surface area contributed by atoms with Crippen LogP contribution < -0.4 is 0 Å². The number of non-ortho nitro benzene ring substituents is 1. The summed E-state index contributed by atoms with van der Waals surface area (Å²) in [5, 5.41) is 10.5. The molecule has 0 spiro atoms. The predicted molar refractivity (Wildman–Crippen MR) is 69.0 cm³/mol. The lowest BCUT2D eigenvalue weighted by Crippen LogP contribution is -2.32. The SMILES string of the molecule is O=C(OCc1ccc([N+](=O)[O-])cc1)N1CCC(C(F)(F)F)C1. The summed E-state index contributed by atoms with van der Waals surface area (Å²) in [5.41, 5.74) is 0.424. The number of hydrogen-bond donors (Lipinski definition) is 0. The summed E-state index contributed by atoms with van der Waals surface area (Å²) in [4.78, 5) is 22.6. The summed E-state index contributed by atoms with van der Waals surface area (Å²) in [6.07, 6.45) is -5.26. The first-order valence-corrected chi connectivity index (χ1v) is 6.49. The fourth-order valence-corrected chi connectivity index (χ4v) is 2.14. The van der Waals surface area contributed by atoms with E-state index in [0.717, 1.165) is 4.90 Å². The summed E-state index contributed by atoms with van der Waals surface area (Å²) in [6.45, 7) is -0.546. The highest BCUT2D eigenvalue weighted by atomic mass is 19.4. The van der Waals surface area contributed by atoms with Crippen LogP contribution in [0.1, 0.15) is 12.0 Å². The normalized spacial score (nSPS) is 18.3. The van der Waals surface area contributed by atoms with Gasteiger partial charge in [-0.25, -0.2) is 4.79 Å². The zero-order valence-corrected chi connectivity index (χ0v) is 11.4.